The molecule has 0 aliphatic rings. The summed E-state index contributed by atoms with van der Waals surface area (Å²) in [6.07, 6.45) is 0. The molecule has 0 bridgehead atoms. The molecule has 0 atom stereocenters. The minimum atomic E-state index is -1.98. The smallest absolute Gasteiger partial charge is 0.280 e. The van der Waals surface area contributed by atoms with Gasteiger partial charge < -0.3 is 4.12 Å². The molecule has 0 rings (SSSR count). The molecule has 0 radical (unpaired) electrons. The molecule has 0 spiro atoms. The third-order valence-electron chi connectivity index (χ3n) is 1.92. The molecule has 15 heavy (non-hydrogen) atoms. The fourth-order valence-corrected chi connectivity index (χ4v) is 13.5. The fourth-order valence-electron chi connectivity index (χ4n) is 1.93. The second-order valence-corrected chi connectivity index (χ2v) is 16.0. The Morgan fingerprint density at radius 2 is 1.27 bits per heavy atom. The van der Waals surface area contributed by atoms with Crippen LogP contribution in [0.25, 0.3) is 0 Å². The molecule has 0 aliphatic heterocycles. The molecule has 0 amide bonds. The van der Waals surface area contributed by atoms with Crippen LogP contribution >= 0.6 is 11.1 Å². The Kier molecular flexibility index (Phi) is 6.11. The maximum Gasteiger partial charge on any atom is 0.280 e. The molecular weight excluding hydrogens is 240 g/mol. The van der Waals surface area contributed by atoms with E-state index in [1.54, 1.807) is 0 Å². The quantitative estimate of drug-likeness (QED) is 0.494. The van der Waals surface area contributed by atoms with Crippen molar-refractivity contribution in [3.8, 4) is 0 Å². The zero-order chi connectivity index (χ0) is 12.3. The van der Waals surface area contributed by atoms with Crippen molar-refractivity contribution in [3.63, 3.8) is 0 Å². The summed E-state index contributed by atoms with van der Waals surface area (Å²) in [7, 11) is -3.47. The lowest BCUT2D eigenvalue weighted by molar-refractivity contribution is 0.516. The van der Waals surface area contributed by atoms with Crippen molar-refractivity contribution in [2.24, 2.45) is 11.8 Å². The third-order valence-corrected chi connectivity index (χ3v) is 10.3. The minimum Gasteiger partial charge on any atom is -0.445 e. The summed E-state index contributed by atoms with van der Waals surface area (Å²) in [4.78, 5) is 0. The topological polar surface area (TPSA) is 9.23 Å². The molecule has 0 N–H and O–H groups in total. The maximum absolute atomic E-state index is 6.77. The van der Waals surface area contributed by atoms with Gasteiger partial charge in [-0.05, 0) is 43.6 Å². The normalized spacial score (nSPS) is 14.0. The van der Waals surface area contributed by atoms with Crippen LogP contribution in [0.2, 0.25) is 31.7 Å². The Labute approximate surface area is 103 Å². The fraction of sp³-hybridized carbons (Fsp3) is 1.00. The number of hydrogen-bond acceptors (Lipinski definition) is 1. The van der Waals surface area contributed by atoms with Gasteiger partial charge in [0.2, 0.25) is 0 Å². The second-order valence-electron chi connectivity index (χ2n) is 6.29. The first-order valence-electron chi connectivity index (χ1n) is 5.93. The summed E-state index contributed by atoms with van der Waals surface area (Å²) in [5.41, 5.74) is 0. The highest BCUT2D eigenvalue weighted by molar-refractivity contribution is 7.19. The lowest BCUT2D eigenvalue weighted by Crippen LogP contribution is -2.44. The number of halogens is 1. The van der Waals surface area contributed by atoms with Crippen LogP contribution in [0.1, 0.15) is 27.7 Å². The molecule has 0 aromatic rings. The highest BCUT2D eigenvalue weighted by Crippen LogP contribution is 2.32. The molecule has 0 saturated heterocycles. The van der Waals surface area contributed by atoms with Gasteiger partial charge in [0, 0.05) is 0 Å². The van der Waals surface area contributed by atoms with E-state index in [0.29, 0.717) is 11.8 Å². The van der Waals surface area contributed by atoms with Crippen molar-refractivity contribution in [3.05, 3.63) is 0 Å². The Morgan fingerprint density at radius 1 is 0.933 bits per heavy atom. The molecule has 0 aliphatic carbocycles. The van der Waals surface area contributed by atoms with E-state index in [2.05, 4.69) is 47.3 Å². The van der Waals surface area contributed by atoms with Crippen molar-refractivity contribution in [1.29, 1.82) is 0 Å². The van der Waals surface area contributed by atoms with Gasteiger partial charge in [-0.3, -0.25) is 0 Å². The van der Waals surface area contributed by atoms with Crippen LogP contribution in [0.3, 0.4) is 0 Å². The van der Waals surface area contributed by atoms with E-state index in [1.807, 2.05) is 0 Å². The van der Waals surface area contributed by atoms with E-state index in [-0.39, 0.29) is 0 Å². The first-order valence-corrected chi connectivity index (χ1v) is 12.7. The van der Waals surface area contributed by atoms with E-state index in [9.17, 15) is 0 Å². The van der Waals surface area contributed by atoms with Gasteiger partial charge in [-0.25, -0.2) is 0 Å². The molecule has 0 heterocycles. The van der Waals surface area contributed by atoms with Gasteiger partial charge in [0.15, 0.2) is 8.32 Å². The van der Waals surface area contributed by atoms with Crippen LogP contribution in [-0.2, 0) is 4.12 Å². The summed E-state index contributed by atoms with van der Waals surface area (Å²) in [6, 6.07) is 2.16. The Bertz CT molecular complexity index is 178. The van der Waals surface area contributed by atoms with Crippen molar-refractivity contribution in [2.75, 3.05) is 0 Å². The summed E-state index contributed by atoms with van der Waals surface area (Å²) >= 11 is 6.77. The Morgan fingerprint density at radius 3 is 1.47 bits per heavy atom. The largest absolute Gasteiger partial charge is 0.445 e. The lowest BCUT2D eigenvalue weighted by atomic mass is 10.3. The van der Waals surface area contributed by atoms with Gasteiger partial charge >= 0.3 is 0 Å². The molecular formula is C11H27ClOSi2. The van der Waals surface area contributed by atoms with Gasteiger partial charge in [-0.1, -0.05) is 27.7 Å². The standard InChI is InChI=1S/C11H27ClOSi2/c1-10(2)8-15(12,9-11(3)4)13-14(5,6)7/h10-11H,8-9H2,1-7H3. The van der Waals surface area contributed by atoms with Crippen LogP contribution in [0.4, 0.5) is 0 Å². The molecule has 1 nitrogen and oxygen atoms in total. The average Bonchev–Trinajstić information content (AvgIpc) is 1.73. The summed E-state index contributed by atoms with van der Waals surface area (Å²) < 4.78 is 6.29. The van der Waals surface area contributed by atoms with Gasteiger partial charge in [-0.15, -0.1) is 11.1 Å². The maximum atomic E-state index is 6.77. The zero-order valence-corrected chi connectivity index (χ0v) is 14.1. The summed E-state index contributed by atoms with van der Waals surface area (Å²) in [5, 5.41) is 0. The predicted octanol–water partition coefficient (Wildman–Crippen LogP) is 4.83. The zero-order valence-electron chi connectivity index (χ0n) is 11.4. The molecule has 0 aromatic heterocycles. The number of hydrogen-bond donors (Lipinski definition) is 0. The van der Waals surface area contributed by atoms with Crippen LogP contribution in [-0.4, -0.2) is 15.9 Å². The molecule has 0 fully saturated rings. The van der Waals surface area contributed by atoms with E-state index in [1.165, 1.54) is 0 Å². The van der Waals surface area contributed by atoms with Gasteiger partial charge in [0.25, 0.3) is 7.63 Å². The molecule has 4 heteroatoms. The molecule has 0 aromatic carbocycles. The first-order chi connectivity index (χ1) is 6.54. The molecule has 0 saturated carbocycles. The third kappa shape index (κ3) is 8.49. The highest BCUT2D eigenvalue weighted by atomic mass is 35.6. The van der Waals surface area contributed by atoms with E-state index < -0.39 is 15.9 Å². The Balaban J connectivity index is 4.54. The average molecular weight is 267 g/mol. The van der Waals surface area contributed by atoms with Crippen molar-refractivity contribution >= 4 is 27.0 Å². The first kappa shape index (κ1) is 15.7. The van der Waals surface area contributed by atoms with Gasteiger partial charge in [0.05, 0.1) is 0 Å². The SMILES string of the molecule is CC(C)C[Si](Cl)(CC(C)C)O[Si](C)(C)C. The second kappa shape index (κ2) is 5.85. The van der Waals surface area contributed by atoms with E-state index in [4.69, 9.17) is 15.2 Å². The summed E-state index contributed by atoms with van der Waals surface area (Å²) in [5.74, 6) is 1.29. The summed E-state index contributed by atoms with van der Waals surface area (Å²) in [6.45, 7) is 15.6. The van der Waals surface area contributed by atoms with Gasteiger partial charge in [0.1, 0.15) is 0 Å². The van der Waals surface area contributed by atoms with Crippen molar-refractivity contribution in [1.82, 2.24) is 0 Å². The van der Waals surface area contributed by atoms with Gasteiger partial charge in [-0.2, -0.15) is 0 Å². The van der Waals surface area contributed by atoms with E-state index >= 15 is 0 Å². The molecule has 0 unspecified atom stereocenters. The lowest BCUT2D eigenvalue weighted by Gasteiger charge is -2.34. The minimum absolute atomic E-state index is 0.643. The van der Waals surface area contributed by atoms with Crippen LogP contribution in [0.5, 0.6) is 0 Å². The monoisotopic (exact) mass is 266 g/mol. The van der Waals surface area contributed by atoms with Crippen LogP contribution < -0.4 is 0 Å². The highest BCUT2D eigenvalue weighted by Gasteiger charge is 2.38. The Hall–Kier alpha value is 0.684. The molecule has 92 valence electrons. The van der Waals surface area contributed by atoms with Crippen LogP contribution in [0, 0.1) is 11.8 Å². The van der Waals surface area contributed by atoms with Crippen LogP contribution in [0.15, 0.2) is 0 Å². The van der Waals surface area contributed by atoms with Crippen molar-refractivity contribution < 1.29 is 4.12 Å². The predicted molar refractivity (Wildman–Crippen MR) is 75.3 cm³/mol. The van der Waals surface area contributed by atoms with Crippen molar-refractivity contribution in [2.45, 2.75) is 59.4 Å². The number of rotatable bonds is 6. The van der Waals surface area contributed by atoms with E-state index in [0.717, 1.165) is 12.1 Å².